The molecule has 0 aliphatic rings. The molecule has 4 nitrogen and oxygen atoms in total. The molecule has 0 radical (unpaired) electrons. The number of carbonyl (C=O) groups excluding carboxylic acids is 2. The first kappa shape index (κ1) is 36.7. The Balaban J connectivity index is 3.40. The number of unbranched alkanes of at least 4 members (excludes halogenated alkanes) is 16. The van der Waals surface area contributed by atoms with Crippen LogP contribution in [0.3, 0.4) is 0 Å². The Hall–Kier alpha value is -1.32. The second-order valence-electron chi connectivity index (χ2n) is 11.4. The Labute approximate surface area is 237 Å². The van der Waals surface area contributed by atoms with E-state index in [1.54, 1.807) is 0 Å². The average Bonchev–Trinajstić information content (AvgIpc) is 2.88. The first-order valence-electron chi connectivity index (χ1n) is 16.5. The fourth-order valence-corrected chi connectivity index (χ4v) is 4.76. The van der Waals surface area contributed by atoms with Crippen LogP contribution in [-0.2, 0) is 19.1 Å². The summed E-state index contributed by atoms with van der Waals surface area (Å²) in [6.45, 7) is 8.48. The molecule has 0 heterocycles. The molecule has 0 saturated carbocycles. The molecular formula is C34H64O4. The van der Waals surface area contributed by atoms with E-state index in [-0.39, 0.29) is 24.1 Å². The number of allylic oxidation sites excluding steroid dienone is 2. The van der Waals surface area contributed by atoms with Gasteiger partial charge in [0.1, 0.15) is 0 Å². The summed E-state index contributed by atoms with van der Waals surface area (Å²) in [6.07, 6.45) is 31.6. The lowest BCUT2D eigenvalue weighted by Gasteiger charge is -2.13. The molecule has 4 heteroatoms. The van der Waals surface area contributed by atoms with Crippen LogP contribution in [0.2, 0.25) is 0 Å². The van der Waals surface area contributed by atoms with Crippen LogP contribution in [0, 0.1) is 0 Å². The van der Waals surface area contributed by atoms with Gasteiger partial charge in [0.25, 0.3) is 0 Å². The minimum atomic E-state index is -0.0171. The summed E-state index contributed by atoms with van der Waals surface area (Å²) in [6, 6.07) is 0. The summed E-state index contributed by atoms with van der Waals surface area (Å²) in [5.41, 5.74) is 0. The predicted molar refractivity (Wildman–Crippen MR) is 162 cm³/mol. The Bertz CT molecular complexity index is 509. The van der Waals surface area contributed by atoms with E-state index >= 15 is 0 Å². The van der Waals surface area contributed by atoms with Crippen LogP contribution in [0.1, 0.15) is 182 Å². The summed E-state index contributed by atoms with van der Waals surface area (Å²) in [5, 5.41) is 0. The highest BCUT2D eigenvalue weighted by molar-refractivity contribution is 5.69. The second kappa shape index (κ2) is 28.7. The number of hydrogen-bond donors (Lipinski definition) is 0. The van der Waals surface area contributed by atoms with Crippen molar-refractivity contribution in [2.24, 2.45) is 0 Å². The zero-order valence-corrected chi connectivity index (χ0v) is 25.9. The van der Waals surface area contributed by atoms with Crippen LogP contribution < -0.4 is 0 Å². The molecule has 0 aromatic carbocycles. The van der Waals surface area contributed by atoms with Crippen molar-refractivity contribution in [1.82, 2.24) is 0 Å². The number of carbonyl (C=O) groups is 2. The van der Waals surface area contributed by atoms with Gasteiger partial charge in [0, 0.05) is 12.8 Å². The van der Waals surface area contributed by atoms with Crippen LogP contribution in [0.15, 0.2) is 12.2 Å². The van der Waals surface area contributed by atoms with Crippen LogP contribution >= 0.6 is 0 Å². The summed E-state index contributed by atoms with van der Waals surface area (Å²) in [7, 11) is 0. The van der Waals surface area contributed by atoms with E-state index in [1.165, 1.54) is 77.0 Å². The van der Waals surface area contributed by atoms with Crippen LogP contribution in [0.4, 0.5) is 0 Å². The normalized spacial score (nSPS) is 13.1. The molecule has 0 aliphatic heterocycles. The maximum absolute atomic E-state index is 11.9. The molecule has 0 amide bonds. The number of ether oxygens (including phenoxy) is 2. The lowest BCUT2D eigenvalue weighted by atomic mass is 10.1. The molecule has 0 spiro atoms. The van der Waals surface area contributed by atoms with Crippen molar-refractivity contribution < 1.29 is 19.1 Å². The molecule has 224 valence electrons. The molecular weight excluding hydrogens is 472 g/mol. The summed E-state index contributed by atoms with van der Waals surface area (Å²) in [4.78, 5) is 23.9. The third-order valence-electron chi connectivity index (χ3n) is 7.26. The maximum atomic E-state index is 11.9. The molecule has 0 fully saturated rings. The molecule has 0 aliphatic carbocycles. The van der Waals surface area contributed by atoms with Crippen molar-refractivity contribution in [2.45, 2.75) is 194 Å². The van der Waals surface area contributed by atoms with Crippen molar-refractivity contribution in [3.63, 3.8) is 0 Å². The van der Waals surface area contributed by atoms with Gasteiger partial charge in [0.2, 0.25) is 0 Å². The highest BCUT2D eigenvalue weighted by Gasteiger charge is 2.10. The van der Waals surface area contributed by atoms with E-state index in [4.69, 9.17) is 9.47 Å². The molecule has 0 bridgehead atoms. The molecule has 0 aromatic rings. The monoisotopic (exact) mass is 536 g/mol. The van der Waals surface area contributed by atoms with Gasteiger partial charge in [0.05, 0.1) is 12.2 Å². The quantitative estimate of drug-likeness (QED) is 0.0567. The van der Waals surface area contributed by atoms with Crippen LogP contribution in [0.25, 0.3) is 0 Å². The molecule has 0 aromatic heterocycles. The topological polar surface area (TPSA) is 52.6 Å². The zero-order chi connectivity index (χ0) is 28.1. The van der Waals surface area contributed by atoms with Gasteiger partial charge >= 0.3 is 11.9 Å². The largest absolute Gasteiger partial charge is 0.463 e. The van der Waals surface area contributed by atoms with Gasteiger partial charge in [0.15, 0.2) is 0 Å². The third kappa shape index (κ3) is 27.7. The molecule has 2 unspecified atom stereocenters. The molecule has 0 saturated heterocycles. The second-order valence-corrected chi connectivity index (χ2v) is 11.4. The predicted octanol–water partition coefficient (Wildman–Crippen LogP) is 10.8. The van der Waals surface area contributed by atoms with Gasteiger partial charge in [-0.1, -0.05) is 103 Å². The molecule has 0 rings (SSSR count). The highest BCUT2D eigenvalue weighted by atomic mass is 16.5. The van der Waals surface area contributed by atoms with Crippen molar-refractivity contribution in [2.75, 3.05) is 0 Å². The van der Waals surface area contributed by atoms with Gasteiger partial charge in [-0.25, -0.2) is 0 Å². The lowest BCUT2D eigenvalue weighted by molar-refractivity contribution is -0.149. The van der Waals surface area contributed by atoms with Gasteiger partial charge in [-0.3, -0.25) is 9.59 Å². The summed E-state index contributed by atoms with van der Waals surface area (Å²) < 4.78 is 11.0. The van der Waals surface area contributed by atoms with E-state index in [0.29, 0.717) is 12.8 Å². The number of rotatable bonds is 28. The van der Waals surface area contributed by atoms with Gasteiger partial charge in [-0.05, 0) is 78.1 Å². The van der Waals surface area contributed by atoms with Gasteiger partial charge in [-0.15, -0.1) is 0 Å². The Morgan fingerprint density at radius 1 is 0.500 bits per heavy atom. The summed E-state index contributed by atoms with van der Waals surface area (Å²) >= 11 is 0. The van der Waals surface area contributed by atoms with Crippen LogP contribution in [-0.4, -0.2) is 24.1 Å². The van der Waals surface area contributed by atoms with Crippen molar-refractivity contribution >= 4 is 11.9 Å². The third-order valence-corrected chi connectivity index (χ3v) is 7.26. The van der Waals surface area contributed by atoms with Crippen molar-refractivity contribution in [3.05, 3.63) is 12.2 Å². The van der Waals surface area contributed by atoms with Gasteiger partial charge in [-0.2, -0.15) is 0 Å². The standard InChI is InChI=1S/C34H64O4/c1-5-7-9-23-27-31(3)37-33(35)29-25-21-19-17-15-13-11-12-14-16-18-20-22-26-30-34(36)38-32(4)28-24-10-8-6-2/h11-12,31-32H,5-10,13-30H2,1-4H3. The highest BCUT2D eigenvalue weighted by Crippen LogP contribution is 2.13. The fraction of sp³-hybridized carbons (Fsp3) is 0.882. The van der Waals surface area contributed by atoms with E-state index < -0.39 is 0 Å². The molecule has 0 N–H and O–H groups in total. The SMILES string of the molecule is CCCCCCC(C)OC(=O)CCCCCCCC=CCCCCCCCC(=O)OC(C)CCCCCC. The molecule has 38 heavy (non-hydrogen) atoms. The van der Waals surface area contributed by atoms with E-state index in [0.717, 1.165) is 64.2 Å². The zero-order valence-electron chi connectivity index (χ0n) is 25.9. The Kier molecular flexibility index (Phi) is 27.7. The van der Waals surface area contributed by atoms with E-state index in [2.05, 4.69) is 26.0 Å². The van der Waals surface area contributed by atoms with Crippen molar-refractivity contribution in [1.29, 1.82) is 0 Å². The first-order chi connectivity index (χ1) is 18.5. The van der Waals surface area contributed by atoms with Crippen LogP contribution in [0.5, 0.6) is 0 Å². The van der Waals surface area contributed by atoms with Gasteiger partial charge < -0.3 is 9.47 Å². The Morgan fingerprint density at radius 3 is 1.24 bits per heavy atom. The fourth-order valence-electron chi connectivity index (χ4n) is 4.76. The summed E-state index contributed by atoms with van der Waals surface area (Å²) in [5.74, 6) is -0.0341. The lowest BCUT2D eigenvalue weighted by Crippen LogP contribution is -2.14. The van der Waals surface area contributed by atoms with E-state index in [1.807, 2.05) is 13.8 Å². The molecule has 2 atom stereocenters. The smallest absolute Gasteiger partial charge is 0.306 e. The average molecular weight is 537 g/mol. The number of hydrogen-bond acceptors (Lipinski definition) is 4. The minimum Gasteiger partial charge on any atom is -0.463 e. The Morgan fingerprint density at radius 2 is 0.842 bits per heavy atom. The first-order valence-corrected chi connectivity index (χ1v) is 16.5. The maximum Gasteiger partial charge on any atom is 0.306 e. The number of esters is 2. The minimum absolute atomic E-state index is 0.0171. The van der Waals surface area contributed by atoms with E-state index in [9.17, 15) is 9.59 Å². The van der Waals surface area contributed by atoms with Crippen molar-refractivity contribution in [3.8, 4) is 0 Å².